The van der Waals surface area contributed by atoms with Gasteiger partial charge in [-0.3, -0.25) is 4.79 Å². The summed E-state index contributed by atoms with van der Waals surface area (Å²) in [6.45, 7) is 6.18. The number of hydrogen-bond acceptors (Lipinski definition) is 4. The highest BCUT2D eigenvalue weighted by Crippen LogP contribution is 2.44. The molecule has 1 fully saturated rings. The van der Waals surface area contributed by atoms with E-state index in [1.54, 1.807) is 11.8 Å². The Morgan fingerprint density at radius 2 is 2.05 bits per heavy atom. The maximum absolute atomic E-state index is 12.5. The number of rotatable bonds is 6. The van der Waals surface area contributed by atoms with Crippen LogP contribution in [-0.2, 0) is 9.59 Å². The third-order valence-electron chi connectivity index (χ3n) is 5.04. The van der Waals surface area contributed by atoms with E-state index in [0.717, 1.165) is 12.8 Å². The maximum atomic E-state index is 12.5. The quantitative estimate of drug-likeness (QED) is 0.694. The van der Waals surface area contributed by atoms with Gasteiger partial charge in [-0.1, -0.05) is 20.8 Å². The fraction of sp³-hybridized carbons (Fsp3) is 0.867. The Labute approximate surface area is 131 Å². The van der Waals surface area contributed by atoms with Crippen LogP contribution in [0.1, 0.15) is 40.0 Å². The van der Waals surface area contributed by atoms with Crippen molar-refractivity contribution >= 4 is 23.6 Å². The Morgan fingerprint density at radius 1 is 1.43 bits per heavy atom. The molecular formula is C15H28N2O3S. The Morgan fingerprint density at radius 3 is 2.57 bits per heavy atom. The zero-order valence-corrected chi connectivity index (χ0v) is 14.2. The van der Waals surface area contributed by atoms with Crippen LogP contribution in [0.25, 0.3) is 0 Å². The van der Waals surface area contributed by atoms with Gasteiger partial charge in [0.25, 0.3) is 0 Å². The molecule has 0 aromatic carbocycles. The topological polar surface area (TPSA) is 92.4 Å². The van der Waals surface area contributed by atoms with E-state index < -0.39 is 12.0 Å². The SMILES string of the molecule is CSCCC(NC(=O)C1CCC(N)C(C)C1(C)C)C(=O)O. The standard InChI is InChI=1S/C15H28N2O3S/c1-9-11(16)6-5-10(15(9,2)3)13(18)17-12(14(19)20)7-8-21-4/h9-12H,5-8,16H2,1-4H3,(H,17,18)(H,19,20). The first-order valence-electron chi connectivity index (χ1n) is 7.49. The van der Waals surface area contributed by atoms with Crippen LogP contribution in [0.5, 0.6) is 0 Å². The largest absolute Gasteiger partial charge is 0.480 e. The first-order chi connectivity index (χ1) is 9.71. The van der Waals surface area contributed by atoms with E-state index >= 15 is 0 Å². The first-order valence-corrected chi connectivity index (χ1v) is 8.88. The van der Waals surface area contributed by atoms with Crippen molar-refractivity contribution in [3.05, 3.63) is 0 Å². The molecule has 0 aromatic rings. The zero-order valence-electron chi connectivity index (χ0n) is 13.4. The maximum Gasteiger partial charge on any atom is 0.326 e. The van der Waals surface area contributed by atoms with Crippen molar-refractivity contribution in [2.75, 3.05) is 12.0 Å². The normalized spacial score (nSPS) is 29.7. The van der Waals surface area contributed by atoms with E-state index in [2.05, 4.69) is 26.1 Å². The van der Waals surface area contributed by atoms with E-state index in [1.807, 2.05) is 6.26 Å². The second-order valence-electron chi connectivity index (χ2n) is 6.58. The highest BCUT2D eigenvalue weighted by atomic mass is 32.2. The van der Waals surface area contributed by atoms with Crippen molar-refractivity contribution in [1.82, 2.24) is 5.32 Å². The lowest BCUT2D eigenvalue weighted by molar-refractivity contribution is -0.144. The summed E-state index contributed by atoms with van der Waals surface area (Å²) < 4.78 is 0. The highest BCUT2D eigenvalue weighted by molar-refractivity contribution is 7.98. The number of carboxylic acids is 1. The van der Waals surface area contributed by atoms with Gasteiger partial charge in [0, 0.05) is 12.0 Å². The Kier molecular flexibility index (Phi) is 6.53. The van der Waals surface area contributed by atoms with E-state index in [9.17, 15) is 14.7 Å². The summed E-state index contributed by atoms with van der Waals surface area (Å²) in [5.74, 6) is -0.338. The lowest BCUT2D eigenvalue weighted by Crippen LogP contribution is -2.54. The molecule has 4 atom stereocenters. The van der Waals surface area contributed by atoms with Gasteiger partial charge in [-0.15, -0.1) is 0 Å². The van der Waals surface area contributed by atoms with Crippen molar-refractivity contribution in [3.63, 3.8) is 0 Å². The summed E-state index contributed by atoms with van der Waals surface area (Å²) in [6.07, 6.45) is 3.91. The van der Waals surface area contributed by atoms with Gasteiger partial charge in [-0.25, -0.2) is 4.79 Å². The molecule has 1 amide bonds. The number of aliphatic carboxylic acids is 1. The van der Waals surface area contributed by atoms with Crippen molar-refractivity contribution in [2.24, 2.45) is 23.0 Å². The van der Waals surface area contributed by atoms with Crippen molar-refractivity contribution in [1.29, 1.82) is 0 Å². The predicted octanol–water partition coefficient (Wildman–Crippen LogP) is 1.71. The summed E-state index contributed by atoms with van der Waals surface area (Å²) in [7, 11) is 0. The van der Waals surface area contributed by atoms with Gasteiger partial charge in [-0.05, 0) is 42.6 Å². The molecule has 6 heteroatoms. The molecular weight excluding hydrogens is 288 g/mol. The van der Waals surface area contributed by atoms with E-state index in [4.69, 9.17) is 5.73 Å². The van der Waals surface area contributed by atoms with Gasteiger partial charge < -0.3 is 16.2 Å². The zero-order chi connectivity index (χ0) is 16.2. The van der Waals surface area contributed by atoms with Crippen LogP contribution in [-0.4, -0.2) is 41.1 Å². The summed E-state index contributed by atoms with van der Waals surface area (Å²) in [6, 6.07) is -0.692. The first kappa shape index (κ1) is 18.3. The molecule has 0 bridgehead atoms. The number of carbonyl (C=O) groups excluding carboxylic acids is 1. The second kappa shape index (κ2) is 7.49. The molecule has 0 spiro atoms. The summed E-state index contributed by atoms with van der Waals surface area (Å²) in [4.78, 5) is 23.8. The third-order valence-corrected chi connectivity index (χ3v) is 5.69. The Bertz CT molecular complexity index is 387. The molecule has 0 saturated heterocycles. The smallest absolute Gasteiger partial charge is 0.326 e. The van der Waals surface area contributed by atoms with Crippen LogP contribution in [0, 0.1) is 17.3 Å². The molecule has 1 rings (SSSR count). The fourth-order valence-electron chi connectivity index (χ4n) is 3.08. The summed E-state index contributed by atoms with van der Waals surface area (Å²) in [5, 5.41) is 11.9. The molecule has 21 heavy (non-hydrogen) atoms. The Balaban J connectivity index is 2.75. The number of thioether (sulfide) groups is 1. The van der Waals surface area contributed by atoms with Gasteiger partial charge >= 0.3 is 5.97 Å². The van der Waals surface area contributed by atoms with E-state index in [0.29, 0.717) is 12.2 Å². The molecule has 1 aliphatic rings. The molecule has 0 aliphatic heterocycles. The average Bonchev–Trinajstić information content (AvgIpc) is 2.40. The fourth-order valence-corrected chi connectivity index (χ4v) is 3.56. The number of carbonyl (C=O) groups is 2. The molecule has 5 nitrogen and oxygen atoms in total. The van der Waals surface area contributed by atoms with Crippen LogP contribution in [0.2, 0.25) is 0 Å². The minimum absolute atomic E-state index is 0.107. The number of carboxylic acid groups (broad SMARTS) is 1. The van der Waals surface area contributed by atoms with Gasteiger partial charge in [0.2, 0.25) is 5.91 Å². The van der Waals surface area contributed by atoms with Crippen molar-refractivity contribution in [2.45, 2.75) is 52.1 Å². The van der Waals surface area contributed by atoms with Crippen LogP contribution in [0.3, 0.4) is 0 Å². The minimum Gasteiger partial charge on any atom is -0.480 e. The molecule has 0 aromatic heterocycles. The lowest BCUT2D eigenvalue weighted by atomic mass is 9.61. The molecule has 1 saturated carbocycles. The molecule has 1 aliphatic carbocycles. The molecule has 4 unspecified atom stereocenters. The molecule has 0 radical (unpaired) electrons. The van der Waals surface area contributed by atoms with Gasteiger partial charge in [0.15, 0.2) is 0 Å². The van der Waals surface area contributed by atoms with Crippen LogP contribution in [0.4, 0.5) is 0 Å². The van der Waals surface area contributed by atoms with Crippen LogP contribution < -0.4 is 11.1 Å². The number of amides is 1. The minimum atomic E-state index is -0.962. The van der Waals surface area contributed by atoms with Crippen molar-refractivity contribution in [3.8, 4) is 0 Å². The summed E-state index contributed by atoms with van der Waals surface area (Å²) >= 11 is 1.58. The monoisotopic (exact) mass is 316 g/mol. The van der Waals surface area contributed by atoms with Crippen molar-refractivity contribution < 1.29 is 14.7 Å². The summed E-state index contributed by atoms with van der Waals surface area (Å²) in [5.41, 5.74) is 5.88. The molecule has 4 N–H and O–H groups in total. The highest BCUT2D eigenvalue weighted by Gasteiger charge is 2.45. The van der Waals surface area contributed by atoms with Gasteiger partial charge in [-0.2, -0.15) is 11.8 Å². The number of hydrogen-bond donors (Lipinski definition) is 3. The Hall–Kier alpha value is -0.750. The van der Waals surface area contributed by atoms with Gasteiger partial charge in [0.05, 0.1) is 0 Å². The molecule has 0 heterocycles. The average molecular weight is 316 g/mol. The number of nitrogens with one attached hydrogen (secondary N) is 1. The third kappa shape index (κ3) is 4.36. The van der Waals surface area contributed by atoms with Gasteiger partial charge in [0.1, 0.15) is 6.04 Å². The predicted molar refractivity (Wildman–Crippen MR) is 86.2 cm³/mol. The lowest BCUT2D eigenvalue weighted by Gasteiger charge is -2.46. The molecule has 122 valence electrons. The second-order valence-corrected chi connectivity index (χ2v) is 7.57. The van der Waals surface area contributed by atoms with E-state index in [1.165, 1.54) is 0 Å². The van der Waals surface area contributed by atoms with Crippen LogP contribution in [0.15, 0.2) is 0 Å². The van der Waals surface area contributed by atoms with E-state index in [-0.39, 0.29) is 29.2 Å². The number of nitrogens with two attached hydrogens (primary N) is 1. The van der Waals surface area contributed by atoms with Crippen LogP contribution >= 0.6 is 11.8 Å².